The second-order valence-corrected chi connectivity index (χ2v) is 12.3. The van der Waals surface area contributed by atoms with Crippen LogP contribution in [-0.2, 0) is 32.6 Å². The van der Waals surface area contributed by atoms with Crippen LogP contribution in [0.2, 0.25) is 10.0 Å². The predicted octanol–water partition coefficient (Wildman–Crippen LogP) is 5.45. The summed E-state index contributed by atoms with van der Waals surface area (Å²) < 4.78 is 40.3. The van der Waals surface area contributed by atoms with Gasteiger partial charge in [-0.2, -0.15) is 0 Å². The Bertz CT molecular complexity index is 1440. The zero-order valence-electron chi connectivity index (χ0n) is 22.5. The van der Waals surface area contributed by atoms with Crippen molar-refractivity contribution in [1.29, 1.82) is 0 Å². The number of benzene rings is 3. The van der Waals surface area contributed by atoms with E-state index in [2.05, 4.69) is 5.32 Å². The van der Waals surface area contributed by atoms with Crippen molar-refractivity contribution in [3.05, 3.63) is 99.8 Å². The van der Waals surface area contributed by atoms with Crippen LogP contribution in [0.1, 0.15) is 31.4 Å². The molecule has 2 atom stereocenters. The Morgan fingerprint density at radius 3 is 2.25 bits per heavy atom. The van der Waals surface area contributed by atoms with E-state index in [4.69, 9.17) is 23.2 Å². The molecule has 1 N–H and O–H groups in total. The quantitative estimate of drug-likeness (QED) is 0.296. The van der Waals surface area contributed by atoms with Crippen molar-refractivity contribution < 1.29 is 22.4 Å². The molecule has 214 valence electrons. The highest BCUT2D eigenvalue weighted by atomic mass is 35.5. The number of nitrogens with one attached hydrogen (secondary N) is 1. The van der Waals surface area contributed by atoms with Crippen molar-refractivity contribution in [2.75, 3.05) is 17.1 Å². The third-order valence-electron chi connectivity index (χ3n) is 6.38. The molecule has 40 heavy (non-hydrogen) atoms. The van der Waals surface area contributed by atoms with Crippen LogP contribution in [0.25, 0.3) is 0 Å². The second kappa shape index (κ2) is 14.0. The molecule has 3 aromatic carbocycles. The summed E-state index contributed by atoms with van der Waals surface area (Å²) in [6.45, 7) is 3.09. The fourth-order valence-corrected chi connectivity index (χ4v) is 5.24. The molecule has 0 bridgehead atoms. The van der Waals surface area contributed by atoms with Gasteiger partial charge in [-0.3, -0.25) is 13.9 Å². The number of anilines is 1. The number of hydrogen-bond donors (Lipinski definition) is 1. The predicted molar refractivity (Wildman–Crippen MR) is 157 cm³/mol. The fourth-order valence-electron chi connectivity index (χ4n) is 4.07. The third-order valence-corrected chi connectivity index (χ3v) is 8.26. The van der Waals surface area contributed by atoms with Gasteiger partial charge >= 0.3 is 0 Å². The number of rotatable bonds is 12. The van der Waals surface area contributed by atoms with Crippen molar-refractivity contribution in [2.45, 2.75) is 45.3 Å². The summed E-state index contributed by atoms with van der Waals surface area (Å²) >= 11 is 12.3. The summed E-state index contributed by atoms with van der Waals surface area (Å²) in [5.74, 6) is -1.69. The molecule has 0 saturated carbocycles. The van der Waals surface area contributed by atoms with E-state index in [1.54, 1.807) is 18.2 Å². The Kier molecular flexibility index (Phi) is 11.0. The van der Waals surface area contributed by atoms with E-state index >= 15 is 0 Å². The summed E-state index contributed by atoms with van der Waals surface area (Å²) in [5.41, 5.74) is 1.40. The van der Waals surface area contributed by atoms with E-state index in [0.29, 0.717) is 17.0 Å². The van der Waals surface area contributed by atoms with E-state index < -0.39 is 34.3 Å². The van der Waals surface area contributed by atoms with Crippen molar-refractivity contribution in [3.8, 4) is 0 Å². The minimum Gasteiger partial charge on any atom is -0.352 e. The van der Waals surface area contributed by atoms with E-state index in [1.807, 2.05) is 44.2 Å². The Balaban J connectivity index is 2.08. The normalized spacial score (nSPS) is 12.8. The first-order valence-electron chi connectivity index (χ1n) is 12.7. The van der Waals surface area contributed by atoms with Gasteiger partial charge in [-0.1, -0.05) is 72.6 Å². The van der Waals surface area contributed by atoms with Crippen molar-refractivity contribution in [3.63, 3.8) is 0 Å². The topological polar surface area (TPSA) is 86.8 Å². The molecular weight excluding hydrogens is 576 g/mol. The summed E-state index contributed by atoms with van der Waals surface area (Å²) in [6.07, 6.45) is 1.78. The third kappa shape index (κ3) is 8.68. The number of sulfonamides is 1. The standard InChI is InChI=1S/C29H32Cl2FN3O4S/c1-4-20(2)33-29(37)27(16-21-9-6-5-7-10-21)34(18-22-13-14-25(30)26(31)15-22)28(36)19-35(40(3,38)39)24-12-8-11-23(32)17-24/h5-15,17,20,27H,4,16,18-19H2,1-3H3,(H,33,37)/t20-,27-/m1/s1. The lowest BCUT2D eigenvalue weighted by atomic mass is 10.0. The smallest absolute Gasteiger partial charge is 0.244 e. The molecule has 0 aromatic heterocycles. The van der Waals surface area contributed by atoms with Gasteiger partial charge < -0.3 is 10.2 Å². The molecule has 0 radical (unpaired) electrons. The van der Waals surface area contributed by atoms with Crippen LogP contribution >= 0.6 is 23.2 Å². The Morgan fingerprint density at radius 1 is 0.950 bits per heavy atom. The second-order valence-electron chi connectivity index (χ2n) is 9.54. The summed E-state index contributed by atoms with van der Waals surface area (Å²) in [4.78, 5) is 29.0. The van der Waals surface area contributed by atoms with Crippen LogP contribution in [0.4, 0.5) is 10.1 Å². The average Bonchev–Trinajstić information content (AvgIpc) is 2.90. The monoisotopic (exact) mass is 607 g/mol. The lowest BCUT2D eigenvalue weighted by Crippen LogP contribution is -2.54. The molecule has 7 nitrogen and oxygen atoms in total. The number of hydrogen-bond acceptors (Lipinski definition) is 4. The van der Waals surface area contributed by atoms with Gasteiger partial charge in [-0.25, -0.2) is 12.8 Å². The SMILES string of the molecule is CC[C@@H](C)NC(=O)[C@@H](Cc1ccccc1)N(Cc1ccc(Cl)c(Cl)c1)C(=O)CN(c1cccc(F)c1)S(C)(=O)=O. The Hall–Kier alpha value is -3.14. The largest absolute Gasteiger partial charge is 0.352 e. The first kappa shape index (κ1) is 31.4. The molecule has 11 heteroatoms. The van der Waals surface area contributed by atoms with Gasteiger partial charge in [0.15, 0.2) is 0 Å². The van der Waals surface area contributed by atoms with Crippen LogP contribution in [0.5, 0.6) is 0 Å². The van der Waals surface area contributed by atoms with Gasteiger partial charge in [0.1, 0.15) is 18.4 Å². The highest BCUT2D eigenvalue weighted by molar-refractivity contribution is 7.92. The molecule has 0 spiro atoms. The molecule has 0 aliphatic heterocycles. The first-order valence-corrected chi connectivity index (χ1v) is 15.3. The number of nitrogens with zero attached hydrogens (tertiary/aromatic N) is 2. The maximum atomic E-state index is 14.0. The van der Waals surface area contributed by atoms with Crippen LogP contribution in [0.3, 0.4) is 0 Å². The zero-order valence-corrected chi connectivity index (χ0v) is 24.8. The highest BCUT2D eigenvalue weighted by Crippen LogP contribution is 2.25. The molecular formula is C29H32Cl2FN3O4S. The zero-order chi connectivity index (χ0) is 29.4. The van der Waals surface area contributed by atoms with Gasteiger partial charge in [0, 0.05) is 19.0 Å². The molecule has 0 saturated heterocycles. The number of carbonyl (C=O) groups is 2. The molecule has 0 unspecified atom stereocenters. The van der Waals surface area contributed by atoms with Crippen LogP contribution in [0, 0.1) is 5.82 Å². The maximum absolute atomic E-state index is 14.0. The van der Waals surface area contributed by atoms with Gasteiger partial charge in [0.2, 0.25) is 21.8 Å². The van der Waals surface area contributed by atoms with Gasteiger partial charge in [-0.05, 0) is 54.8 Å². The molecule has 0 aliphatic rings. The minimum absolute atomic E-state index is 0.00555. The summed E-state index contributed by atoms with van der Waals surface area (Å²) in [7, 11) is -4.00. The van der Waals surface area contributed by atoms with E-state index in [0.717, 1.165) is 22.2 Å². The minimum atomic E-state index is -4.00. The first-order chi connectivity index (χ1) is 18.9. The number of halogens is 3. The van der Waals surface area contributed by atoms with Gasteiger partial charge in [-0.15, -0.1) is 0 Å². The summed E-state index contributed by atoms with van der Waals surface area (Å²) in [6, 6.07) is 17.9. The van der Waals surface area contributed by atoms with Crippen molar-refractivity contribution >= 4 is 50.7 Å². The molecule has 2 amide bonds. The lowest BCUT2D eigenvalue weighted by molar-refractivity contribution is -0.140. The molecule has 3 aromatic rings. The average molecular weight is 609 g/mol. The van der Waals surface area contributed by atoms with Crippen LogP contribution in [-0.4, -0.2) is 50.0 Å². The highest BCUT2D eigenvalue weighted by Gasteiger charge is 2.33. The molecule has 0 fully saturated rings. The molecule has 0 heterocycles. The van der Waals surface area contributed by atoms with Gasteiger partial charge in [0.05, 0.1) is 22.0 Å². The van der Waals surface area contributed by atoms with Crippen molar-refractivity contribution in [1.82, 2.24) is 10.2 Å². The number of amides is 2. The van der Waals surface area contributed by atoms with Crippen LogP contribution < -0.4 is 9.62 Å². The van der Waals surface area contributed by atoms with E-state index in [1.165, 1.54) is 23.1 Å². The summed E-state index contributed by atoms with van der Waals surface area (Å²) in [5, 5.41) is 3.55. The molecule has 0 aliphatic carbocycles. The fraction of sp³-hybridized carbons (Fsp3) is 0.310. The van der Waals surface area contributed by atoms with Crippen LogP contribution in [0.15, 0.2) is 72.8 Å². The van der Waals surface area contributed by atoms with E-state index in [9.17, 15) is 22.4 Å². The van der Waals surface area contributed by atoms with E-state index in [-0.39, 0.29) is 35.6 Å². The number of carbonyl (C=O) groups excluding carboxylic acids is 2. The van der Waals surface area contributed by atoms with Gasteiger partial charge in [0.25, 0.3) is 0 Å². The Labute approximate surface area is 244 Å². The Morgan fingerprint density at radius 2 is 1.65 bits per heavy atom. The van der Waals surface area contributed by atoms with Crippen molar-refractivity contribution in [2.24, 2.45) is 0 Å². The maximum Gasteiger partial charge on any atom is 0.244 e. The molecule has 3 rings (SSSR count). The lowest BCUT2D eigenvalue weighted by Gasteiger charge is -2.34.